The Bertz CT molecular complexity index is 804. The van der Waals surface area contributed by atoms with Gasteiger partial charge in [-0.25, -0.2) is 0 Å². The number of nitrogens with zero attached hydrogens (tertiary/aromatic N) is 3. The Labute approximate surface area is 139 Å². The first kappa shape index (κ1) is 21.5. The number of alkyl halides is 6. The van der Waals surface area contributed by atoms with E-state index in [0.29, 0.717) is 23.6 Å². The molecule has 1 aliphatic heterocycles. The summed E-state index contributed by atoms with van der Waals surface area (Å²) in [5.41, 5.74) is -12.6. The molecule has 1 aliphatic rings. The van der Waals surface area contributed by atoms with Gasteiger partial charge in [0.05, 0.1) is 6.42 Å². The zero-order chi connectivity index (χ0) is 19.8. The highest BCUT2D eigenvalue weighted by Crippen LogP contribution is 2.32. The lowest BCUT2D eigenvalue weighted by atomic mass is 10.2. The molecule has 25 heavy (non-hydrogen) atoms. The Kier molecular flexibility index (Phi) is 5.74. The summed E-state index contributed by atoms with van der Waals surface area (Å²) in [6, 6.07) is 0. The lowest BCUT2D eigenvalue weighted by Gasteiger charge is -2.11. The lowest BCUT2D eigenvalue weighted by Crippen LogP contribution is -2.48. The van der Waals surface area contributed by atoms with E-state index in [9.17, 15) is 43.2 Å². The summed E-state index contributed by atoms with van der Waals surface area (Å²) >= 11 is 0. The number of amidine groups is 2. The molecule has 7 nitrogen and oxygen atoms in total. The van der Waals surface area contributed by atoms with Gasteiger partial charge in [-0.15, -0.1) is 0 Å². The van der Waals surface area contributed by atoms with Crippen molar-refractivity contribution in [3.63, 3.8) is 0 Å². The molecular weight excluding hydrogens is 404 g/mol. The first-order chi connectivity index (χ1) is 11.1. The van der Waals surface area contributed by atoms with E-state index in [2.05, 4.69) is 4.99 Å². The molecule has 0 aromatic heterocycles. The highest BCUT2D eigenvalue weighted by molar-refractivity contribution is 7.98. The fraction of sp³-hybridized carbons (Fsp3) is 0.700. The predicted molar refractivity (Wildman–Crippen MR) is 74.4 cm³/mol. The fourth-order valence-corrected chi connectivity index (χ4v) is 4.49. The van der Waals surface area contributed by atoms with E-state index in [1.165, 1.54) is 0 Å². The maximum absolute atomic E-state index is 12.7. The topological polar surface area (TPSA) is 86.7 Å². The van der Waals surface area contributed by atoms with Gasteiger partial charge in [0.25, 0.3) is 6.21 Å². The molecule has 0 bridgehead atoms. The Morgan fingerprint density at radius 3 is 1.84 bits per heavy atom. The summed E-state index contributed by atoms with van der Waals surface area (Å²) in [7, 11) is -12.9. The molecule has 0 aromatic rings. The Morgan fingerprint density at radius 2 is 1.48 bits per heavy atom. The van der Waals surface area contributed by atoms with Crippen molar-refractivity contribution >= 4 is 37.9 Å². The number of aliphatic imine (C=N–C) groups is 1. The van der Waals surface area contributed by atoms with E-state index in [4.69, 9.17) is 0 Å². The minimum absolute atomic E-state index is 0.0726. The number of rotatable bonds is 5. The van der Waals surface area contributed by atoms with E-state index in [-0.39, 0.29) is 12.3 Å². The summed E-state index contributed by atoms with van der Waals surface area (Å²) in [5, 5.41) is 0. The van der Waals surface area contributed by atoms with E-state index in [0.717, 1.165) is 7.05 Å². The molecule has 15 heteroatoms. The lowest BCUT2D eigenvalue weighted by molar-refractivity contribution is -0.419. The third-order valence-corrected chi connectivity index (χ3v) is 6.62. The molecular formula is C10H13F6N3O4S2+2. The van der Waals surface area contributed by atoms with Crippen LogP contribution in [0.2, 0.25) is 0 Å². The van der Waals surface area contributed by atoms with Crippen LogP contribution < -0.4 is 0 Å². The molecule has 0 aliphatic carbocycles. The van der Waals surface area contributed by atoms with Crippen LogP contribution in [0.1, 0.15) is 26.2 Å². The van der Waals surface area contributed by atoms with Crippen molar-refractivity contribution in [3.8, 4) is 0 Å². The fourth-order valence-electron chi connectivity index (χ4n) is 1.74. The molecule has 0 saturated heterocycles. The largest absolute Gasteiger partial charge is 0.546 e. The second-order valence-corrected chi connectivity index (χ2v) is 8.58. The molecule has 0 amide bonds. The number of hydrogen-bond donors (Lipinski definition) is 0. The van der Waals surface area contributed by atoms with Crippen LogP contribution in [0.15, 0.2) is 4.99 Å². The summed E-state index contributed by atoms with van der Waals surface area (Å²) in [4.78, 5) is 3.52. The van der Waals surface area contributed by atoms with E-state index >= 15 is 0 Å². The van der Waals surface area contributed by atoms with Crippen LogP contribution in [0.5, 0.6) is 0 Å². The van der Waals surface area contributed by atoms with Crippen molar-refractivity contribution in [1.29, 1.82) is 0 Å². The van der Waals surface area contributed by atoms with Gasteiger partial charge in [0.15, 0.2) is 0 Å². The van der Waals surface area contributed by atoms with Crippen molar-refractivity contribution in [3.05, 3.63) is 0 Å². The predicted octanol–water partition coefficient (Wildman–Crippen LogP) is 1.41. The average molecular weight is 417 g/mol. The summed E-state index contributed by atoms with van der Waals surface area (Å²) in [6.45, 7) is 1.75. The summed E-state index contributed by atoms with van der Waals surface area (Å²) in [6.07, 6.45) is 1.48. The van der Waals surface area contributed by atoms with Gasteiger partial charge < -0.3 is 0 Å². The van der Waals surface area contributed by atoms with Crippen molar-refractivity contribution < 1.29 is 51.1 Å². The van der Waals surface area contributed by atoms with Gasteiger partial charge >= 0.3 is 42.7 Å². The summed E-state index contributed by atoms with van der Waals surface area (Å²) < 4.78 is 121. The van der Waals surface area contributed by atoms with Crippen LogP contribution in [0.25, 0.3) is 0 Å². The molecule has 0 fully saturated rings. The quantitative estimate of drug-likeness (QED) is 0.500. The van der Waals surface area contributed by atoms with Gasteiger partial charge in [0.1, 0.15) is 7.05 Å². The third kappa shape index (κ3) is 3.86. The molecule has 0 spiro atoms. The van der Waals surface area contributed by atoms with Gasteiger partial charge in [-0.2, -0.15) is 47.8 Å². The van der Waals surface area contributed by atoms with Crippen LogP contribution >= 0.6 is 0 Å². The Hall–Kier alpha value is -1.51. The standard InChI is InChI=1S/C10H13F6N3O4S2/c1-3-4-5-7-17-6-8(18(7)2)19(24(20,21)9(11,12)13)25(22,23)10(14,15)16/h6H,3-5H2,1-2H3/q+2. The number of halogens is 6. The van der Waals surface area contributed by atoms with Crippen molar-refractivity contribution in [2.45, 2.75) is 37.2 Å². The molecule has 0 unspecified atom stereocenters. The number of unbranched alkanes of at least 4 members (excludes halogenated alkanes) is 1. The smallest absolute Gasteiger partial charge is 0.166 e. The molecule has 0 radical (unpaired) electrons. The number of sulfonamides is 2. The first-order valence-corrected chi connectivity index (χ1v) is 9.40. The van der Waals surface area contributed by atoms with Gasteiger partial charge in [-0.05, 0) is 6.42 Å². The minimum atomic E-state index is -6.90. The maximum Gasteiger partial charge on any atom is 0.546 e. The van der Waals surface area contributed by atoms with Crippen LogP contribution in [-0.4, -0.2) is 60.7 Å². The monoisotopic (exact) mass is 417 g/mol. The molecule has 144 valence electrons. The van der Waals surface area contributed by atoms with Gasteiger partial charge in [0, 0.05) is 8.38 Å². The third-order valence-electron chi connectivity index (χ3n) is 3.02. The van der Waals surface area contributed by atoms with Crippen LogP contribution in [0.3, 0.4) is 0 Å². The highest BCUT2D eigenvalue weighted by atomic mass is 32.3. The normalized spacial score (nSPS) is 16.7. The second-order valence-electron chi connectivity index (χ2n) is 4.79. The van der Waals surface area contributed by atoms with Crippen LogP contribution in [0.4, 0.5) is 26.3 Å². The first-order valence-electron chi connectivity index (χ1n) is 6.52. The molecule has 0 saturated carbocycles. The Balaban J connectivity index is 3.85. The van der Waals surface area contributed by atoms with Crippen molar-refractivity contribution in [2.24, 2.45) is 4.99 Å². The maximum atomic E-state index is 12.7. The van der Waals surface area contributed by atoms with Crippen LogP contribution in [-0.2, 0) is 20.0 Å². The van der Waals surface area contributed by atoms with Crippen molar-refractivity contribution in [1.82, 2.24) is 0 Å². The zero-order valence-electron chi connectivity index (χ0n) is 12.8. The van der Waals surface area contributed by atoms with Crippen LogP contribution in [0, 0.1) is 0 Å². The van der Waals surface area contributed by atoms with Gasteiger partial charge in [-0.1, -0.05) is 13.3 Å². The molecule has 0 aromatic carbocycles. The van der Waals surface area contributed by atoms with Gasteiger partial charge in [0.2, 0.25) is 0 Å². The molecule has 1 rings (SSSR count). The van der Waals surface area contributed by atoms with Crippen molar-refractivity contribution in [2.75, 3.05) is 7.05 Å². The van der Waals surface area contributed by atoms with Gasteiger partial charge in [-0.3, -0.25) is 0 Å². The Morgan fingerprint density at radius 1 is 1.04 bits per heavy atom. The second kappa shape index (κ2) is 6.66. The SMILES string of the molecule is CCCCC1=[N+](C)C(=[N+](S(=O)(=O)C(F)(F)F)S(=O)(=O)C(F)(F)F)C=N1. The summed E-state index contributed by atoms with van der Waals surface area (Å²) in [5.74, 6) is -1.46. The van der Waals surface area contributed by atoms with E-state index in [1.54, 1.807) is 6.92 Å². The average Bonchev–Trinajstić information content (AvgIpc) is 2.75. The molecule has 0 N–H and O–H groups in total. The molecule has 1 heterocycles. The number of hydrogen-bond acceptors (Lipinski definition) is 5. The zero-order valence-corrected chi connectivity index (χ0v) is 14.4. The minimum Gasteiger partial charge on any atom is -0.166 e. The van der Waals surface area contributed by atoms with E-state index in [1.807, 2.05) is 0 Å². The molecule has 0 atom stereocenters. The van der Waals surface area contributed by atoms with E-state index < -0.39 is 40.3 Å². The highest BCUT2D eigenvalue weighted by Gasteiger charge is 2.67.